The second kappa shape index (κ2) is 9.40. The van der Waals surface area contributed by atoms with Crippen LogP contribution in [0, 0.1) is 11.8 Å². The molecule has 1 saturated carbocycles. The Morgan fingerprint density at radius 2 is 2.04 bits per heavy atom. The number of morpholine rings is 1. The van der Waals surface area contributed by atoms with Crippen LogP contribution in [0.2, 0.25) is 0 Å². The lowest BCUT2D eigenvalue weighted by atomic mass is 9.80. The van der Waals surface area contributed by atoms with Crippen LogP contribution in [-0.4, -0.2) is 49.8 Å². The van der Waals surface area contributed by atoms with E-state index in [0.29, 0.717) is 6.04 Å². The van der Waals surface area contributed by atoms with Gasteiger partial charge in [0.2, 0.25) is 0 Å². The molecule has 0 radical (unpaired) electrons. The van der Waals surface area contributed by atoms with Gasteiger partial charge in [-0.05, 0) is 55.7 Å². The van der Waals surface area contributed by atoms with E-state index < -0.39 is 0 Å². The summed E-state index contributed by atoms with van der Waals surface area (Å²) >= 11 is 0. The van der Waals surface area contributed by atoms with E-state index in [1.807, 2.05) is 13.2 Å². The first-order valence-electron chi connectivity index (χ1n) is 10.3. The maximum absolute atomic E-state index is 5.63. The van der Waals surface area contributed by atoms with Crippen LogP contribution in [0.4, 0.5) is 5.82 Å². The van der Waals surface area contributed by atoms with E-state index in [0.717, 1.165) is 49.9 Å². The average molecular weight is 374 g/mol. The molecule has 27 heavy (non-hydrogen) atoms. The molecule has 1 aliphatic heterocycles. The molecule has 1 saturated heterocycles. The maximum Gasteiger partial charge on any atom is 0.191 e. The van der Waals surface area contributed by atoms with Gasteiger partial charge in [-0.2, -0.15) is 0 Å². The van der Waals surface area contributed by atoms with Crippen molar-refractivity contribution in [2.24, 2.45) is 16.8 Å². The van der Waals surface area contributed by atoms with E-state index in [1.54, 1.807) is 0 Å². The van der Waals surface area contributed by atoms with Crippen LogP contribution in [0.1, 0.15) is 45.6 Å². The highest BCUT2D eigenvalue weighted by Gasteiger charge is 2.24. The number of pyridine rings is 1. The summed E-state index contributed by atoms with van der Waals surface area (Å²) in [5, 5.41) is 7.09. The predicted octanol–water partition coefficient (Wildman–Crippen LogP) is 2.80. The lowest BCUT2D eigenvalue weighted by Crippen LogP contribution is -2.46. The van der Waals surface area contributed by atoms with Gasteiger partial charge in [-0.1, -0.05) is 13.8 Å². The number of rotatable bonds is 4. The third-order valence-corrected chi connectivity index (χ3v) is 5.58. The van der Waals surface area contributed by atoms with Crippen LogP contribution in [0.3, 0.4) is 0 Å². The second-order valence-electron chi connectivity index (χ2n) is 8.33. The molecule has 2 aliphatic rings. The molecule has 1 aliphatic carbocycles. The molecule has 0 spiro atoms. The predicted molar refractivity (Wildman–Crippen MR) is 111 cm³/mol. The summed E-state index contributed by atoms with van der Waals surface area (Å²) in [6.07, 6.45) is 5.93. The fourth-order valence-corrected chi connectivity index (χ4v) is 4.41. The molecule has 3 atom stereocenters. The largest absolute Gasteiger partial charge is 0.375 e. The number of aliphatic imine (C=N–C) groups is 1. The molecule has 150 valence electrons. The molecule has 6 heteroatoms. The molecule has 2 N–H and O–H groups in total. The minimum atomic E-state index is 0.255. The molecule has 1 aromatic rings. The number of nitrogens with zero attached hydrogens (tertiary/aromatic N) is 3. The number of anilines is 1. The summed E-state index contributed by atoms with van der Waals surface area (Å²) in [4.78, 5) is 11.3. The van der Waals surface area contributed by atoms with E-state index in [4.69, 9.17) is 4.74 Å². The highest BCUT2D eigenvalue weighted by atomic mass is 16.5. The standard InChI is InChI=1S/C21H35N5O/c1-15-9-16(2)11-19(10-15)25-21(22-4)24-13-18-5-6-23-20(12-18)26-7-8-27-17(3)14-26/h5-6,12,15-17,19H,7-11,13-14H2,1-4H3,(H2,22,24,25). The highest BCUT2D eigenvalue weighted by molar-refractivity contribution is 5.80. The Morgan fingerprint density at radius 1 is 1.26 bits per heavy atom. The average Bonchev–Trinajstić information content (AvgIpc) is 2.64. The third kappa shape index (κ3) is 5.83. The fraction of sp³-hybridized carbons (Fsp3) is 0.714. The minimum absolute atomic E-state index is 0.255. The summed E-state index contributed by atoms with van der Waals surface area (Å²) < 4.78 is 5.63. The Hall–Kier alpha value is -1.82. The number of hydrogen-bond acceptors (Lipinski definition) is 4. The van der Waals surface area contributed by atoms with Crippen LogP contribution in [0.5, 0.6) is 0 Å². The fourth-order valence-electron chi connectivity index (χ4n) is 4.41. The summed E-state index contributed by atoms with van der Waals surface area (Å²) in [6, 6.07) is 4.75. The van der Waals surface area contributed by atoms with E-state index >= 15 is 0 Å². The van der Waals surface area contributed by atoms with Gasteiger partial charge in [-0.15, -0.1) is 0 Å². The van der Waals surface area contributed by atoms with Crippen molar-refractivity contribution in [3.8, 4) is 0 Å². The normalized spacial score (nSPS) is 29.5. The Kier molecular flexibility index (Phi) is 6.94. The first-order valence-corrected chi connectivity index (χ1v) is 10.3. The van der Waals surface area contributed by atoms with Gasteiger partial charge in [0.1, 0.15) is 5.82 Å². The second-order valence-corrected chi connectivity index (χ2v) is 8.33. The van der Waals surface area contributed by atoms with Crippen LogP contribution >= 0.6 is 0 Å². The molecule has 0 amide bonds. The Bertz CT molecular complexity index is 625. The molecule has 1 aromatic heterocycles. The monoisotopic (exact) mass is 373 g/mol. The molecule has 0 bridgehead atoms. The molecule has 2 fully saturated rings. The van der Waals surface area contributed by atoms with Crippen molar-refractivity contribution in [1.82, 2.24) is 15.6 Å². The number of ether oxygens (including phenoxy) is 1. The van der Waals surface area contributed by atoms with Crippen LogP contribution in [0.25, 0.3) is 0 Å². The summed E-state index contributed by atoms with van der Waals surface area (Å²) in [7, 11) is 1.85. The van der Waals surface area contributed by atoms with E-state index in [-0.39, 0.29) is 6.10 Å². The van der Waals surface area contributed by atoms with Gasteiger partial charge in [-0.3, -0.25) is 4.99 Å². The topological polar surface area (TPSA) is 61.8 Å². The molecule has 3 unspecified atom stereocenters. The molecule has 3 rings (SSSR count). The quantitative estimate of drug-likeness (QED) is 0.628. The van der Waals surface area contributed by atoms with Gasteiger partial charge in [0.25, 0.3) is 0 Å². The van der Waals surface area contributed by atoms with E-state index in [2.05, 4.69) is 58.4 Å². The van der Waals surface area contributed by atoms with Gasteiger partial charge >= 0.3 is 0 Å². The van der Waals surface area contributed by atoms with Gasteiger partial charge in [-0.25, -0.2) is 4.98 Å². The van der Waals surface area contributed by atoms with Crippen molar-refractivity contribution in [2.45, 2.75) is 58.7 Å². The van der Waals surface area contributed by atoms with Crippen molar-refractivity contribution >= 4 is 11.8 Å². The Morgan fingerprint density at radius 3 is 2.74 bits per heavy atom. The first-order chi connectivity index (χ1) is 13.0. The summed E-state index contributed by atoms with van der Waals surface area (Å²) in [5.41, 5.74) is 1.22. The Labute approximate surface area is 163 Å². The van der Waals surface area contributed by atoms with Gasteiger partial charge in [0.15, 0.2) is 5.96 Å². The van der Waals surface area contributed by atoms with Crippen molar-refractivity contribution < 1.29 is 4.74 Å². The first kappa shape index (κ1) is 19.9. The lowest BCUT2D eigenvalue weighted by Gasteiger charge is -2.33. The molecular formula is C21H35N5O. The van der Waals surface area contributed by atoms with Crippen molar-refractivity contribution in [3.63, 3.8) is 0 Å². The van der Waals surface area contributed by atoms with Crippen molar-refractivity contribution in [3.05, 3.63) is 23.9 Å². The minimum Gasteiger partial charge on any atom is -0.375 e. The molecule has 2 heterocycles. The lowest BCUT2D eigenvalue weighted by molar-refractivity contribution is 0.0529. The summed E-state index contributed by atoms with van der Waals surface area (Å²) in [6.45, 7) is 10.1. The molecule has 0 aromatic carbocycles. The molecule has 6 nitrogen and oxygen atoms in total. The van der Waals surface area contributed by atoms with E-state index in [9.17, 15) is 0 Å². The highest BCUT2D eigenvalue weighted by Crippen LogP contribution is 2.28. The number of nitrogens with one attached hydrogen (secondary N) is 2. The SMILES string of the molecule is CN=C(NCc1ccnc(N2CCOC(C)C2)c1)NC1CC(C)CC(C)C1. The number of aromatic nitrogens is 1. The van der Waals surface area contributed by atoms with Crippen molar-refractivity contribution in [2.75, 3.05) is 31.6 Å². The number of guanidine groups is 1. The zero-order valence-corrected chi connectivity index (χ0v) is 17.2. The van der Waals surface area contributed by atoms with Gasteiger partial charge in [0.05, 0.1) is 12.7 Å². The van der Waals surface area contributed by atoms with Crippen LogP contribution in [0.15, 0.2) is 23.3 Å². The zero-order valence-electron chi connectivity index (χ0n) is 17.2. The van der Waals surface area contributed by atoms with Gasteiger partial charge in [0, 0.05) is 38.9 Å². The van der Waals surface area contributed by atoms with Crippen LogP contribution in [-0.2, 0) is 11.3 Å². The molecular weight excluding hydrogens is 338 g/mol. The van der Waals surface area contributed by atoms with Crippen LogP contribution < -0.4 is 15.5 Å². The Balaban J connectivity index is 1.54. The zero-order chi connectivity index (χ0) is 19.2. The third-order valence-electron chi connectivity index (χ3n) is 5.58. The van der Waals surface area contributed by atoms with Crippen molar-refractivity contribution in [1.29, 1.82) is 0 Å². The number of hydrogen-bond donors (Lipinski definition) is 2. The maximum atomic E-state index is 5.63. The summed E-state index contributed by atoms with van der Waals surface area (Å²) in [5.74, 6) is 3.48. The van der Waals surface area contributed by atoms with E-state index in [1.165, 1.54) is 24.8 Å². The van der Waals surface area contributed by atoms with Gasteiger partial charge < -0.3 is 20.3 Å². The smallest absolute Gasteiger partial charge is 0.191 e.